The number of nitrogens with one attached hydrogen (secondary N) is 1. The Morgan fingerprint density at radius 3 is 2.43 bits per heavy atom. The highest BCUT2D eigenvalue weighted by atomic mass is 16.5. The van der Waals surface area contributed by atoms with Gasteiger partial charge < -0.3 is 19.5 Å². The highest BCUT2D eigenvalue weighted by molar-refractivity contribution is 6.22. The number of imide groups is 1. The summed E-state index contributed by atoms with van der Waals surface area (Å²) in [6.45, 7) is 3.23. The molecule has 0 saturated carbocycles. The molecule has 1 N–H and O–H groups in total. The second-order valence-electron chi connectivity index (χ2n) is 7.06. The van der Waals surface area contributed by atoms with Gasteiger partial charge in [0.15, 0.2) is 11.5 Å². The molecule has 2 aromatic carbocycles. The van der Waals surface area contributed by atoms with Crippen LogP contribution in [0, 0.1) is 0 Å². The third kappa shape index (κ3) is 4.91. The lowest BCUT2D eigenvalue weighted by molar-refractivity contribution is -0.121. The number of methoxy groups -OCH3 is 2. The Morgan fingerprint density at radius 1 is 1.03 bits per heavy atom. The number of rotatable bonds is 10. The van der Waals surface area contributed by atoms with E-state index in [-0.39, 0.29) is 18.2 Å². The fourth-order valence-electron chi connectivity index (χ4n) is 3.40. The van der Waals surface area contributed by atoms with Crippen LogP contribution in [0.5, 0.6) is 17.2 Å². The SMILES string of the molecule is CCCOc1ccc(N2C(=O)CC(NCCc3ccc(OC)c(OC)c3)C2=O)cc1. The van der Waals surface area contributed by atoms with Crippen LogP contribution in [0.4, 0.5) is 5.69 Å². The summed E-state index contributed by atoms with van der Waals surface area (Å²) < 4.78 is 16.1. The fourth-order valence-corrected chi connectivity index (χ4v) is 3.40. The van der Waals surface area contributed by atoms with Crippen molar-refractivity contribution in [3.05, 3.63) is 48.0 Å². The topological polar surface area (TPSA) is 77.1 Å². The van der Waals surface area contributed by atoms with Crippen molar-refractivity contribution in [3.8, 4) is 17.2 Å². The summed E-state index contributed by atoms with van der Waals surface area (Å²) in [7, 11) is 3.19. The van der Waals surface area contributed by atoms with Crippen molar-refractivity contribution in [1.29, 1.82) is 0 Å². The summed E-state index contributed by atoms with van der Waals surface area (Å²) in [5.41, 5.74) is 1.62. The minimum Gasteiger partial charge on any atom is -0.494 e. The molecule has 1 unspecified atom stereocenters. The Bertz CT molecular complexity index is 882. The van der Waals surface area contributed by atoms with E-state index >= 15 is 0 Å². The van der Waals surface area contributed by atoms with E-state index in [1.165, 1.54) is 4.90 Å². The average Bonchev–Trinajstić information content (AvgIpc) is 3.05. The normalized spacial score (nSPS) is 16.1. The van der Waals surface area contributed by atoms with E-state index in [4.69, 9.17) is 14.2 Å². The lowest BCUT2D eigenvalue weighted by Crippen LogP contribution is -2.39. The maximum atomic E-state index is 12.8. The molecule has 1 aliphatic heterocycles. The van der Waals surface area contributed by atoms with Gasteiger partial charge in [0.2, 0.25) is 5.91 Å². The number of ether oxygens (including phenoxy) is 3. The van der Waals surface area contributed by atoms with E-state index in [2.05, 4.69) is 5.32 Å². The molecule has 0 radical (unpaired) electrons. The molecule has 1 heterocycles. The first-order chi connectivity index (χ1) is 14.6. The Hall–Kier alpha value is -3.06. The van der Waals surface area contributed by atoms with Gasteiger partial charge in [-0.15, -0.1) is 0 Å². The summed E-state index contributed by atoms with van der Waals surface area (Å²) in [4.78, 5) is 26.5. The first-order valence-corrected chi connectivity index (χ1v) is 10.1. The van der Waals surface area contributed by atoms with Gasteiger partial charge in [-0.25, -0.2) is 4.90 Å². The summed E-state index contributed by atoms with van der Waals surface area (Å²) in [5.74, 6) is 1.64. The third-order valence-electron chi connectivity index (χ3n) is 4.97. The van der Waals surface area contributed by atoms with Crippen molar-refractivity contribution in [1.82, 2.24) is 5.32 Å². The van der Waals surface area contributed by atoms with Gasteiger partial charge in [0.25, 0.3) is 5.91 Å². The molecule has 0 aliphatic carbocycles. The van der Waals surface area contributed by atoms with Crippen LogP contribution >= 0.6 is 0 Å². The molecular formula is C23H28N2O5. The number of hydrogen-bond donors (Lipinski definition) is 1. The second kappa shape index (κ2) is 10.1. The molecule has 0 aromatic heterocycles. The van der Waals surface area contributed by atoms with E-state index in [1.54, 1.807) is 38.5 Å². The quantitative estimate of drug-likeness (QED) is 0.605. The molecule has 1 fully saturated rings. The number of benzene rings is 2. The highest BCUT2D eigenvalue weighted by Gasteiger charge is 2.39. The third-order valence-corrected chi connectivity index (χ3v) is 4.97. The van der Waals surface area contributed by atoms with Gasteiger partial charge in [0.05, 0.1) is 39.0 Å². The van der Waals surface area contributed by atoms with E-state index in [9.17, 15) is 9.59 Å². The Morgan fingerprint density at radius 2 is 1.77 bits per heavy atom. The number of hydrogen-bond acceptors (Lipinski definition) is 6. The van der Waals surface area contributed by atoms with Crippen LogP contribution in [0.15, 0.2) is 42.5 Å². The standard InChI is InChI=1S/C23H28N2O5/c1-4-13-30-18-8-6-17(7-9-18)25-22(26)15-19(23(25)27)24-12-11-16-5-10-20(28-2)21(14-16)29-3/h5-10,14,19,24H,4,11-13,15H2,1-3H3. The van der Waals surface area contributed by atoms with Crippen molar-refractivity contribution in [3.63, 3.8) is 0 Å². The van der Waals surface area contributed by atoms with E-state index in [1.807, 2.05) is 25.1 Å². The Labute approximate surface area is 176 Å². The van der Waals surface area contributed by atoms with Gasteiger partial charge in [-0.1, -0.05) is 13.0 Å². The van der Waals surface area contributed by atoms with Gasteiger partial charge in [0.1, 0.15) is 5.75 Å². The predicted octanol–water partition coefficient (Wildman–Crippen LogP) is 2.96. The van der Waals surface area contributed by atoms with Crippen molar-refractivity contribution in [2.24, 2.45) is 0 Å². The van der Waals surface area contributed by atoms with Crippen LogP contribution in [-0.4, -0.2) is 45.2 Å². The van der Waals surface area contributed by atoms with Gasteiger partial charge in [0, 0.05) is 0 Å². The number of anilines is 1. The molecule has 7 heteroatoms. The molecule has 2 aromatic rings. The van der Waals surface area contributed by atoms with E-state index in [0.717, 1.165) is 17.7 Å². The first kappa shape index (κ1) is 21.6. The van der Waals surface area contributed by atoms with Crippen molar-refractivity contribution in [2.75, 3.05) is 32.3 Å². The van der Waals surface area contributed by atoms with Crippen LogP contribution in [0.1, 0.15) is 25.3 Å². The molecule has 3 rings (SSSR count). The van der Waals surface area contributed by atoms with E-state index < -0.39 is 6.04 Å². The largest absolute Gasteiger partial charge is 0.494 e. The smallest absolute Gasteiger partial charge is 0.251 e. The maximum absolute atomic E-state index is 12.8. The molecule has 1 aliphatic rings. The average molecular weight is 412 g/mol. The molecule has 160 valence electrons. The molecule has 0 spiro atoms. The molecule has 30 heavy (non-hydrogen) atoms. The molecule has 1 saturated heterocycles. The zero-order chi connectivity index (χ0) is 21.5. The van der Waals surface area contributed by atoms with Crippen LogP contribution in [0.2, 0.25) is 0 Å². The van der Waals surface area contributed by atoms with Gasteiger partial charge in [-0.3, -0.25) is 9.59 Å². The van der Waals surface area contributed by atoms with Crippen molar-refractivity contribution >= 4 is 17.5 Å². The monoisotopic (exact) mass is 412 g/mol. The second-order valence-corrected chi connectivity index (χ2v) is 7.06. The van der Waals surface area contributed by atoms with Gasteiger partial charge in [-0.2, -0.15) is 0 Å². The van der Waals surface area contributed by atoms with Crippen molar-refractivity contribution in [2.45, 2.75) is 32.2 Å². The zero-order valence-corrected chi connectivity index (χ0v) is 17.6. The van der Waals surface area contributed by atoms with Crippen LogP contribution in [0.3, 0.4) is 0 Å². The zero-order valence-electron chi connectivity index (χ0n) is 17.6. The molecule has 0 bridgehead atoms. The Kier molecular flexibility index (Phi) is 7.30. The van der Waals surface area contributed by atoms with Crippen LogP contribution in [-0.2, 0) is 16.0 Å². The van der Waals surface area contributed by atoms with Gasteiger partial charge in [-0.05, 0) is 61.3 Å². The summed E-state index contributed by atoms with van der Waals surface area (Å²) in [6.07, 6.45) is 1.77. The summed E-state index contributed by atoms with van der Waals surface area (Å²) in [6, 6.07) is 12.3. The fraction of sp³-hybridized carbons (Fsp3) is 0.391. The van der Waals surface area contributed by atoms with Crippen LogP contribution < -0.4 is 24.4 Å². The van der Waals surface area contributed by atoms with Gasteiger partial charge >= 0.3 is 0 Å². The first-order valence-electron chi connectivity index (χ1n) is 10.1. The lowest BCUT2D eigenvalue weighted by atomic mass is 10.1. The molecular weight excluding hydrogens is 384 g/mol. The minimum atomic E-state index is -0.520. The van der Waals surface area contributed by atoms with E-state index in [0.29, 0.717) is 36.8 Å². The maximum Gasteiger partial charge on any atom is 0.251 e. The van der Waals surface area contributed by atoms with Crippen molar-refractivity contribution < 1.29 is 23.8 Å². The highest BCUT2D eigenvalue weighted by Crippen LogP contribution is 2.28. The minimum absolute atomic E-state index is 0.152. The molecule has 2 amide bonds. The van der Waals surface area contributed by atoms with Crippen LogP contribution in [0.25, 0.3) is 0 Å². The number of carbonyl (C=O) groups excluding carboxylic acids is 2. The molecule has 1 atom stereocenters. The number of amides is 2. The number of nitrogens with zero attached hydrogens (tertiary/aromatic N) is 1. The summed E-state index contributed by atoms with van der Waals surface area (Å²) in [5, 5.41) is 3.21. The number of carbonyl (C=O) groups is 2. The Balaban J connectivity index is 1.57. The predicted molar refractivity (Wildman–Crippen MR) is 114 cm³/mol. The molecule has 7 nitrogen and oxygen atoms in total. The lowest BCUT2D eigenvalue weighted by Gasteiger charge is -2.16. The summed E-state index contributed by atoms with van der Waals surface area (Å²) >= 11 is 0.